The van der Waals surface area contributed by atoms with Crippen molar-refractivity contribution in [2.24, 2.45) is 0 Å². The highest BCUT2D eigenvalue weighted by Gasteiger charge is 2.29. The van der Waals surface area contributed by atoms with Crippen molar-refractivity contribution in [3.63, 3.8) is 0 Å². The fourth-order valence-corrected chi connectivity index (χ4v) is 1.83. The van der Waals surface area contributed by atoms with E-state index in [0.29, 0.717) is 13.2 Å². The Hall–Kier alpha value is -0.870. The molecule has 0 radical (unpaired) electrons. The summed E-state index contributed by atoms with van der Waals surface area (Å²) in [6.45, 7) is 3.41. The standard InChI is InChI=1S/C13H22O4/c1-13(16-10-11-17-13)9-7-5-3-4-6-8-12(14)15-2/h6,8H,3-5,7,9-11H2,1-2H3/b8-6+. The van der Waals surface area contributed by atoms with Crippen LogP contribution in [-0.2, 0) is 19.0 Å². The summed E-state index contributed by atoms with van der Waals surface area (Å²) in [5.41, 5.74) is 0. The average molecular weight is 242 g/mol. The molecule has 0 atom stereocenters. The average Bonchev–Trinajstić information content (AvgIpc) is 2.75. The summed E-state index contributed by atoms with van der Waals surface area (Å²) in [5.74, 6) is -0.646. The smallest absolute Gasteiger partial charge is 0.330 e. The third kappa shape index (κ3) is 5.84. The highest BCUT2D eigenvalue weighted by Crippen LogP contribution is 2.25. The van der Waals surface area contributed by atoms with Gasteiger partial charge >= 0.3 is 5.97 Å². The van der Waals surface area contributed by atoms with Crippen LogP contribution in [0.1, 0.15) is 39.0 Å². The zero-order valence-electron chi connectivity index (χ0n) is 10.7. The molecule has 0 saturated carbocycles. The van der Waals surface area contributed by atoms with Crippen LogP contribution >= 0.6 is 0 Å². The first-order chi connectivity index (χ1) is 8.16. The van der Waals surface area contributed by atoms with E-state index in [2.05, 4.69) is 4.74 Å². The van der Waals surface area contributed by atoms with Gasteiger partial charge in [0.15, 0.2) is 5.79 Å². The quantitative estimate of drug-likeness (QED) is 0.391. The summed E-state index contributed by atoms with van der Waals surface area (Å²) in [7, 11) is 1.38. The highest BCUT2D eigenvalue weighted by molar-refractivity contribution is 5.81. The van der Waals surface area contributed by atoms with E-state index >= 15 is 0 Å². The van der Waals surface area contributed by atoms with Crippen LogP contribution in [0.25, 0.3) is 0 Å². The lowest BCUT2D eigenvalue weighted by Crippen LogP contribution is -2.24. The van der Waals surface area contributed by atoms with E-state index in [4.69, 9.17) is 9.47 Å². The zero-order valence-corrected chi connectivity index (χ0v) is 10.7. The second-order valence-electron chi connectivity index (χ2n) is 4.36. The van der Waals surface area contributed by atoms with Crippen molar-refractivity contribution in [3.05, 3.63) is 12.2 Å². The molecule has 0 aromatic carbocycles. The zero-order chi connectivity index (χ0) is 12.6. The van der Waals surface area contributed by atoms with Gasteiger partial charge in [-0.2, -0.15) is 0 Å². The molecule has 1 aliphatic rings. The molecule has 0 unspecified atom stereocenters. The van der Waals surface area contributed by atoms with Crippen LogP contribution in [0.2, 0.25) is 0 Å². The van der Waals surface area contributed by atoms with Crippen LogP contribution < -0.4 is 0 Å². The Bertz CT molecular complexity index is 254. The summed E-state index contributed by atoms with van der Waals surface area (Å²) in [4.78, 5) is 10.8. The lowest BCUT2D eigenvalue weighted by Gasteiger charge is -2.21. The topological polar surface area (TPSA) is 44.8 Å². The van der Waals surface area contributed by atoms with Gasteiger partial charge in [0.2, 0.25) is 0 Å². The van der Waals surface area contributed by atoms with Crippen molar-refractivity contribution >= 4 is 5.97 Å². The highest BCUT2D eigenvalue weighted by atomic mass is 16.7. The summed E-state index contributed by atoms with van der Waals surface area (Å²) in [6, 6.07) is 0. The predicted molar refractivity (Wildman–Crippen MR) is 64.6 cm³/mol. The maximum Gasteiger partial charge on any atom is 0.330 e. The molecule has 0 spiro atoms. The van der Waals surface area contributed by atoms with Gasteiger partial charge in [0, 0.05) is 12.5 Å². The van der Waals surface area contributed by atoms with Crippen molar-refractivity contribution in [2.75, 3.05) is 20.3 Å². The van der Waals surface area contributed by atoms with Crippen LogP contribution in [0.3, 0.4) is 0 Å². The van der Waals surface area contributed by atoms with Crippen LogP contribution in [-0.4, -0.2) is 32.1 Å². The molecule has 0 aromatic heterocycles. The van der Waals surface area contributed by atoms with Crippen molar-refractivity contribution < 1.29 is 19.0 Å². The molecule has 0 amide bonds. The van der Waals surface area contributed by atoms with Crippen LogP contribution in [0.15, 0.2) is 12.2 Å². The first-order valence-electron chi connectivity index (χ1n) is 6.19. The monoisotopic (exact) mass is 242 g/mol. The molecule has 98 valence electrons. The van der Waals surface area contributed by atoms with Gasteiger partial charge in [-0.1, -0.05) is 12.5 Å². The molecule has 0 N–H and O–H groups in total. The minimum atomic E-state index is -0.359. The van der Waals surface area contributed by atoms with Crippen molar-refractivity contribution in [3.8, 4) is 0 Å². The van der Waals surface area contributed by atoms with Crippen molar-refractivity contribution in [2.45, 2.75) is 44.8 Å². The van der Waals surface area contributed by atoms with E-state index in [9.17, 15) is 4.79 Å². The largest absolute Gasteiger partial charge is 0.466 e. The number of rotatable bonds is 7. The van der Waals surface area contributed by atoms with E-state index in [1.165, 1.54) is 13.2 Å². The molecular formula is C13H22O4. The Kier molecular flexibility index (Phi) is 6.22. The maximum absolute atomic E-state index is 10.8. The Morgan fingerprint density at radius 3 is 2.65 bits per heavy atom. The van der Waals surface area contributed by atoms with Crippen molar-refractivity contribution in [1.82, 2.24) is 0 Å². The molecule has 4 heteroatoms. The minimum absolute atomic E-state index is 0.287. The Morgan fingerprint density at radius 2 is 2.00 bits per heavy atom. The summed E-state index contributed by atoms with van der Waals surface area (Å²) in [6.07, 6.45) is 8.46. The van der Waals surface area contributed by atoms with E-state index in [-0.39, 0.29) is 11.8 Å². The summed E-state index contributed by atoms with van der Waals surface area (Å²) in [5, 5.41) is 0. The van der Waals surface area contributed by atoms with E-state index in [1.807, 2.05) is 13.0 Å². The lowest BCUT2D eigenvalue weighted by atomic mass is 10.1. The number of methoxy groups -OCH3 is 1. The minimum Gasteiger partial charge on any atom is -0.466 e. The molecule has 1 saturated heterocycles. The van der Waals surface area contributed by atoms with Gasteiger partial charge in [0.1, 0.15) is 0 Å². The predicted octanol–water partition coefficient (Wildman–Crippen LogP) is 2.43. The second-order valence-corrected chi connectivity index (χ2v) is 4.36. The Morgan fingerprint density at radius 1 is 1.29 bits per heavy atom. The van der Waals surface area contributed by atoms with Gasteiger partial charge < -0.3 is 14.2 Å². The fraction of sp³-hybridized carbons (Fsp3) is 0.769. The fourth-order valence-electron chi connectivity index (χ4n) is 1.83. The van der Waals surface area contributed by atoms with E-state index < -0.39 is 0 Å². The van der Waals surface area contributed by atoms with Crippen LogP contribution in [0, 0.1) is 0 Å². The molecule has 4 nitrogen and oxygen atoms in total. The Labute approximate surface area is 103 Å². The number of esters is 1. The SMILES string of the molecule is COC(=O)/C=C/CCCCCC1(C)OCCO1. The molecule has 0 aromatic rings. The number of allylic oxidation sites excluding steroid dienone is 1. The molecule has 17 heavy (non-hydrogen) atoms. The molecule has 1 heterocycles. The summed E-state index contributed by atoms with van der Waals surface area (Å²) < 4.78 is 15.5. The second kappa shape index (κ2) is 7.45. The molecule has 1 aliphatic heterocycles. The number of unbranched alkanes of at least 4 members (excludes halogenated alkanes) is 3. The number of carbonyl (C=O) groups excluding carboxylic acids is 1. The first kappa shape index (κ1) is 14.2. The van der Waals surface area contributed by atoms with Gasteiger partial charge in [-0.05, 0) is 26.2 Å². The molecule has 1 fully saturated rings. The van der Waals surface area contributed by atoms with Crippen molar-refractivity contribution in [1.29, 1.82) is 0 Å². The van der Waals surface area contributed by atoms with Gasteiger partial charge in [0.05, 0.1) is 20.3 Å². The number of ether oxygens (including phenoxy) is 3. The lowest BCUT2D eigenvalue weighted by molar-refractivity contribution is -0.147. The maximum atomic E-state index is 10.8. The molecule has 0 bridgehead atoms. The van der Waals surface area contributed by atoms with Gasteiger partial charge in [-0.3, -0.25) is 0 Å². The number of hydrogen-bond donors (Lipinski definition) is 0. The molecule has 0 aliphatic carbocycles. The van der Waals surface area contributed by atoms with E-state index in [0.717, 1.165) is 32.1 Å². The third-order valence-electron chi connectivity index (χ3n) is 2.85. The number of hydrogen-bond acceptors (Lipinski definition) is 4. The first-order valence-corrected chi connectivity index (χ1v) is 6.19. The normalized spacial score (nSPS) is 18.7. The van der Waals surface area contributed by atoms with Crippen LogP contribution in [0.5, 0.6) is 0 Å². The third-order valence-corrected chi connectivity index (χ3v) is 2.85. The van der Waals surface area contributed by atoms with E-state index in [1.54, 1.807) is 0 Å². The molecule has 1 rings (SSSR count). The van der Waals surface area contributed by atoms with Gasteiger partial charge in [-0.25, -0.2) is 4.79 Å². The van der Waals surface area contributed by atoms with Crippen LogP contribution in [0.4, 0.5) is 0 Å². The van der Waals surface area contributed by atoms with Gasteiger partial charge in [-0.15, -0.1) is 0 Å². The molecular weight excluding hydrogens is 220 g/mol. The van der Waals surface area contributed by atoms with Gasteiger partial charge in [0.25, 0.3) is 0 Å². The Balaban J connectivity index is 1.97. The summed E-state index contributed by atoms with van der Waals surface area (Å²) >= 11 is 0. The number of carbonyl (C=O) groups is 1.